The van der Waals surface area contributed by atoms with Crippen LogP contribution in [0.1, 0.15) is 33.6 Å². The zero-order chi connectivity index (χ0) is 12.1. The standard InChI is InChI=1S/C10H20O3S2/c1-10(2,3)14-8-9(11)6-5-7-15(4,12)13/h5-8H2,1-4H3. The lowest BCUT2D eigenvalue weighted by atomic mass is 10.2. The van der Waals surface area contributed by atoms with Crippen molar-refractivity contribution in [1.82, 2.24) is 0 Å². The highest BCUT2D eigenvalue weighted by Gasteiger charge is 2.13. The maximum absolute atomic E-state index is 11.4. The van der Waals surface area contributed by atoms with E-state index in [1.807, 2.05) is 0 Å². The van der Waals surface area contributed by atoms with Crippen LogP contribution in [0.25, 0.3) is 0 Å². The molecule has 0 saturated carbocycles. The van der Waals surface area contributed by atoms with Gasteiger partial charge >= 0.3 is 0 Å². The summed E-state index contributed by atoms with van der Waals surface area (Å²) in [5.74, 6) is 0.727. The number of sulfone groups is 1. The Morgan fingerprint density at radius 2 is 1.80 bits per heavy atom. The third kappa shape index (κ3) is 11.9. The molecule has 0 amide bonds. The van der Waals surface area contributed by atoms with E-state index in [4.69, 9.17) is 0 Å². The molecule has 5 heteroatoms. The van der Waals surface area contributed by atoms with Crippen molar-refractivity contribution < 1.29 is 13.2 Å². The van der Waals surface area contributed by atoms with Gasteiger partial charge in [0.05, 0.1) is 11.5 Å². The van der Waals surface area contributed by atoms with E-state index in [0.29, 0.717) is 18.6 Å². The van der Waals surface area contributed by atoms with Gasteiger partial charge in [-0.2, -0.15) is 0 Å². The number of hydrogen-bond acceptors (Lipinski definition) is 4. The number of Topliss-reactive ketones (excluding diaryl/α,β-unsaturated/α-hetero) is 1. The van der Waals surface area contributed by atoms with E-state index < -0.39 is 9.84 Å². The maximum atomic E-state index is 11.4. The molecule has 3 nitrogen and oxygen atoms in total. The molecule has 0 aliphatic carbocycles. The van der Waals surface area contributed by atoms with Gasteiger partial charge in [-0.3, -0.25) is 4.79 Å². The largest absolute Gasteiger partial charge is 0.299 e. The lowest BCUT2D eigenvalue weighted by molar-refractivity contribution is -0.116. The molecule has 0 bridgehead atoms. The van der Waals surface area contributed by atoms with Gasteiger partial charge in [0, 0.05) is 17.4 Å². The van der Waals surface area contributed by atoms with Crippen LogP contribution in [0.3, 0.4) is 0 Å². The summed E-state index contributed by atoms with van der Waals surface area (Å²) >= 11 is 1.60. The predicted octanol–water partition coefficient (Wildman–Crippen LogP) is 1.91. The van der Waals surface area contributed by atoms with Crippen LogP contribution in [0.2, 0.25) is 0 Å². The van der Waals surface area contributed by atoms with Gasteiger partial charge in [-0.25, -0.2) is 8.42 Å². The van der Waals surface area contributed by atoms with Crippen LogP contribution in [-0.4, -0.2) is 36.7 Å². The molecule has 0 aliphatic heterocycles. The maximum Gasteiger partial charge on any atom is 0.147 e. The molecule has 0 unspecified atom stereocenters. The van der Waals surface area contributed by atoms with Gasteiger partial charge in [-0.1, -0.05) is 20.8 Å². The smallest absolute Gasteiger partial charge is 0.147 e. The second-order valence-electron chi connectivity index (χ2n) is 4.67. The molecule has 15 heavy (non-hydrogen) atoms. The first-order valence-corrected chi connectivity index (χ1v) is 7.98. The average Bonchev–Trinajstić information content (AvgIpc) is 1.97. The zero-order valence-corrected chi connectivity index (χ0v) is 11.5. The summed E-state index contributed by atoms with van der Waals surface area (Å²) in [6.07, 6.45) is 2.01. The fourth-order valence-corrected chi connectivity index (χ4v) is 2.31. The van der Waals surface area contributed by atoms with E-state index in [9.17, 15) is 13.2 Å². The first-order valence-electron chi connectivity index (χ1n) is 4.93. The van der Waals surface area contributed by atoms with Crippen molar-refractivity contribution in [3.05, 3.63) is 0 Å². The summed E-state index contributed by atoms with van der Waals surface area (Å²) < 4.78 is 21.7. The highest BCUT2D eigenvalue weighted by Crippen LogP contribution is 2.23. The number of hydrogen-bond donors (Lipinski definition) is 0. The van der Waals surface area contributed by atoms with Crippen molar-refractivity contribution in [3.8, 4) is 0 Å². The van der Waals surface area contributed by atoms with Crippen LogP contribution in [0.15, 0.2) is 0 Å². The highest BCUT2D eigenvalue weighted by atomic mass is 32.2. The Bertz CT molecular complexity index is 299. The molecule has 0 heterocycles. The second kappa shape index (κ2) is 5.89. The van der Waals surface area contributed by atoms with Crippen LogP contribution < -0.4 is 0 Å². The van der Waals surface area contributed by atoms with E-state index >= 15 is 0 Å². The van der Waals surface area contributed by atoms with Gasteiger partial charge in [0.1, 0.15) is 15.6 Å². The van der Waals surface area contributed by atoms with E-state index in [0.717, 1.165) is 0 Å². The van der Waals surface area contributed by atoms with E-state index in [1.54, 1.807) is 11.8 Å². The highest BCUT2D eigenvalue weighted by molar-refractivity contribution is 8.01. The molecule has 0 fully saturated rings. The summed E-state index contributed by atoms with van der Waals surface area (Å²) in [6, 6.07) is 0. The number of carbonyl (C=O) groups is 1. The summed E-state index contributed by atoms with van der Waals surface area (Å²) in [5, 5.41) is 0. The van der Waals surface area contributed by atoms with Crippen molar-refractivity contribution in [1.29, 1.82) is 0 Å². The van der Waals surface area contributed by atoms with Crippen molar-refractivity contribution in [2.75, 3.05) is 17.8 Å². The monoisotopic (exact) mass is 252 g/mol. The van der Waals surface area contributed by atoms with Crippen LogP contribution in [0.5, 0.6) is 0 Å². The summed E-state index contributed by atoms with van der Waals surface area (Å²) in [7, 11) is -2.92. The molecule has 0 aromatic rings. The molecule has 0 aliphatic rings. The lowest BCUT2D eigenvalue weighted by Crippen LogP contribution is -2.13. The lowest BCUT2D eigenvalue weighted by Gasteiger charge is -2.16. The molecular formula is C10H20O3S2. The summed E-state index contributed by atoms with van der Waals surface area (Å²) in [5.41, 5.74) is 0. The van der Waals surface area contributed by atoms with Gasteiger partial charge in [-0.15, -0.1) is 11.8 Å². The van der Waals surface area contributed by atoms with Crippen molar-refractivity contribution >= 4 is 27.4 Å². The number of ketones is 1. The van der Waals surface area contributed by atoms with E-state index in [-0.39, 0.29) is 16.3 Å². The molecule has 0 atom stereocenters. The van der Waals surface area contributed by atoms with Crippen molar-refractivity contribution in [2.24, 2.45) is 0 Å². The molecule has 0 aromatic carbocycles. The Morgan fingerprint density at radius 1 is 1.27 bits per heavy atom. The predicted molar refractivity (Wildman–Crippen MR) is 66.2 cm³/mol. The Hall–Kier alpha value is -0.0300. The van der Waals surface area contributed by atoms with E-state index in [2.05, 4.69) is 20.8 Å². The van der Waals surface area contributed by atoms with Gasteiger partial charge in [0.15, 0.2) is 0 Å². The van der Waals surface area contributed by atoms with Gasteiger partial charge in [-0.05, 0) is 6.42 Å². The minimum absolute atomic E-state index is 0.0898. The first kappa shape index (κ1) is 15.0. The molecule has 0 rings (SSSR count). The quantitative estimate of drug-likeness (QED) is 0.724. The number of carbonyl (C=O) groups excluding carboxylic acids is 1. The summed E-state index contributed by atoms with van der Waals surface area (Å²) in [4.78, 5) is 11.4. The van der Waals surface area contributed by atoms with Gasteiger partial charge in [0.2, 0.25) is 0 Å². The number of thioether (sulfide) groups is 1. The summed E-state index contributed by atoms with van der Waals surface area (Å²) in [6.45, 7) is 6.17. The van der Waals surface area contributed by atoms with Crippen molar-refractivity contribution in [3.63, 3.8) is 0 Å². The molecule has 0 radical (unpaired) electrons. The molecule has 0 saturated heterocycles. The second-order valence-corrected chi connectivity index (χ2v) is 8.74. The fourth-order valence-electron chi connectivity index (χ4n) is 0.901. The average molecular weight is 252 g/mol. The van der Waals surface area contributed by atoms with Crippen LogP contribution in [-0.2, 0) is 14.6 Å². The van der Waals surface area contributed by atoms with Gasteiger partial charge in [0.25, 0.3) is 0 Å². The van der Waals surface area contributed by atoms with Crippen molar-refractivity contribution in [2.45, 2.75) is 38.4 Å². The fraction of sp³-hybridized carbons (Fsp3) is 0.900. The molecular weight excluding hydrogens is 232 g/mol. The number of rotatable bonds is 6. The SMILES string of the molecule is CC(C)(C)SCC(=O)CCCS(C)(=O)=O. The Balaban J connectivity index is 3.69. The molecule has 90 valence electrons. The Labute approximate surface area is 96.9 Å². The molecule has 0 N–H and O–H groups in total. The topological polar surface area (TPSA) is 51.2 Å². The van der Waals surface area contributed by atoms with E-state index in [1.165, 1.54) is 6.26 Å². The normalized spacial score (nSPS) is 12.8. The zero-order valence-electron chi connectivity index (χ0n) is 9.87. The minimum Gasteiger partial charge on any atom is -0.299 e. The van der Waals surface area contributed by atoms with Crippen LogP contribution >= 0.6 is 11.8 Å². The third-order valence-electron chi connectivity index (χ3n) is 1.64. The first-order chi connectivity index (χ1) is 6.60. The minimum atomic E-state index is -2.92. The molecule has 0 spiro atoms. The van der Waals surface area contributed by atoms with Crippen LogP contribution in [0, 0.1) is 0 Å². The Morgan fingerprint density at radius 3 is 2.20 bits per heavy atom. The Kier molecular flexibility index (Phi) is 5.88. The van der Waals surface area contributed by atoms with Gasteiger partial charge < -0.3 is 0 Å². The molecule has 0 aromatic heterocycles. The van der Waals surface area contributed by atoms with Crippen LogP contribution in [0.4, 0.5) is 0 Å². The third-order valence-corrected chi connectivity index (χ3v) is 4.00.